The Bertz CT molecular complexity index is 565. The summed E-state index contributed by atoms with van der Waals surface area (Å²) in [6.07, 6.45) is 3.35. The van der Waals surface area contributed by atoms with Crippen molar-refractivity contribution in [2.24, 2.45) is 5.41 Å². The van der Waals surface area contributed by atoms with Gasteiger partial charge in [0.1, 0.15) is 0 Å². The van der Waals surface area contributed by atoms with E-state index in [0.717, 1.165) is 25.8 Å². The molecule has 2 N–H and O–H groups in total. The van der Waals surface area contributed by atoms with Gasteiger partial charge in [-0.25, -0.2) is 0 Å². The maximum absolute atomic E-state index is 12.2. The lowest BCUT2D eigenvalue weighted by atomic mass is 10.1. The largest absolute Gasteiger partial charge is 0.396 e. The van der Waals surface area contributed by atoms with Crippen LogP contribution in [0.25, 0.3) is 0 Å². The van der Waals surface area contributed by atoms with Crippen LogP contribution in [-0.4, -0.2) is 41.5 Å². The molecule has 0 unspecified atom stereocenters. The van der Waals surface area contributed by atoms with E-state index >= 15 is 0 Å². The van der Waals surface area contributed by atoms with Crippen molar-refractivity contribution in [3.05, 3.63) is 21.9 Å². The first kappa shape index (κ1) is 15.5. The number of hydrogen-bond acceptors (Lipinski definition) is 4. The van der Waals surface area contributed by atoms with Gasteiger partial charge in [0.2, 0.25) is 11.8 Å². The second-order valence-corrected chi connectivity index (χ2v) is 7.37. The van der Waals surface area contributed by atoms with Gasteiger partial charge < -0.3 is 15.3 Å². The van der Waals surface area contributed by atoms with E-state index in [2.05, 4.69) is 16.8 Å². The molecule has 22 heavy (non-hydrogen) atoms. The Labute approximate surface area is 134 Å². The fraction of sp³-hybridized carbons (Fsp3) is 0.625. The molecule has 0 spiro atoms. The molecule has 2 heterocycles. The van der Waals surface area contributed by atoms with Crippen LogP contribution >= 0.6 is 11.3 Å². The molecule has 1 aromatic heterocycles. The van der Waals surface area contributed by atoms with Crippen molar-refractivity contribution in [1.29, 1.82) is 0 Å². The molecule has 0 radical (unpaired) electrons. The highest BCUT2D eigenvalue weighted by Crippen LogP contribution is 2.44. The molecule has 2 aliphatic rings. The normalized spacial score (nSPS) is 18.7. The van der Waals surface area contributed by atoms with Gasteiger partial charge >= 0.3 is 0 Å². The third-order valence-corrected chi connectivity index (χ3v) is 5.70. The van der Waals surface area contributed by atoms with E-state index in [1.54, 1.807) is 11.3 Å². The van der Waals surface area contributed by atoms with Crippen molar-refractivity contribution in [2.75, 3.05) is 19.7 Å². The Hall–Kier alpha value is -1.40. The summed E-state index contributed by atoms with van der Waals surface area (Å²) >= 11 is 1.75. The lowest BCUT2D eigenvalue weighted by Crippen LogP contribution is -2.37. The van der Waals surface area contributed by atoms with Gasteiger partial charge in [-0.2, -0.15) is 0 Å². The van der Waals surface area contributed by atoms with Gasteiger partial charge in [-0.1, -0.05) is 0 Å². The lowest BCUT2D eigenvalue weighted by Gasteiger charge is -2.27. The lowest BCUT2D eigenvalue weighted by molar-refractivity contribution is -0.134. The topological polar surface area (TPSA) is 69.6 Å². The third-order valence-electron chi connectivity index (χ3n) is 4.68. The summed E-state index contributed by atoms with van der Waals surface area (Å²) in [4.78, 5) is 27.3. The van der Waals surface area contributed by atoms with Crippen LogP contribution in [0.5, 0.6) is 0 Å². The predicted octanol–water partition coefficient (Wildman–Crippen LogP) is 1.30. The van der Waals surface area contributed by atoms with Crippen LogP contribution in [-0.2, 0) is 22.6 Å². The van der Waals surface area contributed by atoms with Crippen molar-refractivity contribution in [1.82, 2.24) is 10.2 Å². The zero-order valence-electron chi connectivity index (χ0n) is 12.6. The molecule has 1 fully saturated rings. The van der Waals surface area contributed by atoms with E-state index in [0.29, 0.717) is 13.1 Å². The van der Waals surface area contributed by atoms with Crippen LogP contribution in [0.3, 0.4) is 0 Å². The van der Waals surface area contributed by atoms with Crippen LogP contribution in [0.15, 0.2) is 11.4 Å². The summed E-state index contributed by atoms with van der Waals surface area (Å²) in [6, 6.07) is 2.08. The molecule has 3 rings (SSSR count). The Balaban J connectivity index is 1.40. The summed E-state index contributed by atoms with van der Waals surface area (Å²) in [7, 11) is 0. The number of fused-ring (bicyclic) bond motifs is 1. The number of rotatable bonds is 6. The van der Waals surface area contributed by atoms with Gasteiger partial charge in [-0.15, -0.1) is 11.3 Å². The molecule has 2 amide bonds. The Morgan fingerprint density at radius 1 is 1.36 bits per heavy atom. The monoisotopic (exact) mass is 322 g/mol. The fourth-order valence-corrected chi connectivity index (χ4v) is 3.67. The van der Waals surface area contributed by atoms with Gasteiger partial charge in [0, 0.05) is 42.8 Å². The maximum Gasteiger partial charge on any atom is 0.223 e. The first-order valence-corrected chi connectivity index (χ1v) is 8.70. The molecule has 6 heteroatoms. The Morgan fingerprint density at radius 3 is 2.91 bits per heavy atom. The highest BCUT2D eigenvalue weighted by Gasteiger charge is 2.42. The van der Waals surface area contributed by atoms with Crippen molar-refractivity contribution in [3.63, 3.8) is 0 Å². The molecule has 0 bridgehead atoms. The standard InChI is InChI=1S/C16H22N2O3S/c19-11-16(5-6-16)10-17-14(20)1-2-15(21)18-7-3-13-12(9-18)4-8-22-13/h4,8,19H,1-3,5-7,9-11H2,(H,17,20). The van der Waals surface area contributed by atoms with Crippen LogP contribution < -0.4 is 5.32 Å². The molecule has 1 aliphatic heterocycles. The van der Waals surface area contributed by atoms with E-state index in [-0.39, 0.29) is 36.7 Å². The number of hydrogen-bond donors (Lipinski definition) is 2. The molecule has 0 saturated heterocycles. The molecule has 1 saturated carbocycles. The number of nitrogens with one attached hydrogen (secondary N) is 1. The second-order valence-electron chi connectivity index (χ2n) is 6.37. The van der Waals surface area contributed by atoms with Gasteiger partial charge in [0.05, 0.1) is 6.61 Å². The zero-order chi connectivity index (χ0) is 15.6. The maximum atomic E-state index is 12.2. The van der Waals surface area contributed by atoms with E-state index in [1.165, 1.54) is 10.4 Å². The minimum atomic E-state index is -0.0960. The molecule has 1 aromatic rings. The van der Waals surface area contributed by atoms with Gasteiger partial charge in [-0.05, 0) is 36.3 Å². The van der Waals surface area contributed by atoms with Crippen molar-refractivity contribution >= 4 is 23.2 Å². The number of aliphatic hydroxyl groups is 1. The van der Waals surface area contributed by atoms with Crippen LogP contribution in [0.1, 0.15) is 36.1 Å². The quantitative estimate of drug-likeness (QED) is 0.829. The third kappa shape index (κ3) is 3.50. The van der Waals surface area contributed by atoms with Crippen LogP contribution in [0.4, 0.5) is 0 Å². The SMILES string of the molecule is O=C(CCC(=O)N1CCc2sccc2C1)NCC1(CO)CC1. The number of nitrogens with zero attached hydrogens (tertiary/aromatic N) is 1. The van der Waals surface area contributed by atoms with E-state index in [1.807, 2.05) is 4.90 Å². The predicted molar refractivity (Wildman–Crippen MR) is 84.4 cm³/mol. The Morgan fingerprint density at radius 2 is 2.18 bits per heavy atom. The molecule has 0 atom stereocenters. The highest BCUT2D eigenvalue weighted by atomic mass is 32.1. The number of carbonyl (C=O) groups excluding carboxylic acids is 2. The first-order valence-electron chi connectivity index (χ1n) is 7.82. The van der Waals surface area contributed by atoms with Crippen molar-refractivity contribution in [2.45, 2.75) is 38.6 Å². The minimum absolute atomic E-state index is 0.0512. The van der Waals surface area contributed by atoms with Gasteiger partial charge in [-0.3, -0.25) is 9.59 Å². The number of amides is 2. The summed E-state index contributed by atoms with van der Waals surface area (Å²) in [5.41, 5.74) is 1.16. The molecular weight excluding hydrogens is 300 g/mol. The summed E-state index contributed by atoms with van der Waals surface area (Å²) in [5.74, 6) is -0.0448. The molecule has 5 nitrogen and oxygen atoms in total. The average Bonchev–Trinajstić information content (AvgIpc) is 3.18. The second kappa shape index (κ2) is 6.38. The van der Waals surface area contributed by atoms with Crippen molar-refractivity contribution < 1.29 is 14.7 Å². The van der Waals surface area contributed by atoms with Crippen LogP contribution in [0.2, 0.25) is 0 Å². The fourth-order valence-electron chi connectivity index (χ4n) is 2.78. The molecular formula is C16H22N2O3S. The van der Waals surface area contributed by atoms with Crippen LogP contribution in [0, 0.1) is 5.41 Å². The number of aliphatic hydroxyl groups excluding tert-OH is 1. The summed E-state index contributed by atoms with van der Waals surface area (Å²) in [5, 5.41) is 14.1. The minimum Gasteiger partial charge on any atom is -0.396 e. The van der Waals surface area contributed by atoms with Gasteiger partial charge in [0.25, 0.3) is 0 Å². The first-order chi connectivity index (χ1) is 10.6. The molecule has 0 aromatic carbocycles. The molecule has 120 valence electrons. The zero-order valence-corrected chi connectivity index (χ0v) is 13.5. The summed E-state index contributed by atoms with van der Waals surface area (Å²) < 4.78 is 0. The highest BCUT2D eigenvalue weighted by molar-refractivity contribution is 7.10. The number of carbonyl (C=O) groups is 2. The molecule has 1 aliphatic carbocycles. The smallest absolute Gasteiger partial charge is 0.223 e. The van der Waals surface area contributed by atoms with E-state index in [9.17, 15) is 14.7 Å². The number of thiophene rings is 1. The average molecular weight is 322 g/mol. The van der Waals surface area contributed by atoms with E-state index < -0.39 is 0 Å². The Kier molecular flexibility index (Phi) is 4.49. The summed E-state index contributed by atoms with van der Waals surface area (Å²) in [6.45, 7) is 2.08. The van der Waals surface area contributed by atoms with Crippen molar-refractivity contribution in [3.8, 4) is 0 Å². The van der Waals surface area contributed by atoms with E-state index in [4.69, 9.17) is 0 Å². The van der Waals surface area contributed by atoms with Gasteiger partial charge in [0.15, 0.2) is 0 Å².